The summed E-state index contributed by atoms with van der Waals surface area (Å²) in [6.45, 7) is 8.22. The van der Waals surface area contributed by atoms with Crippen LogP contribution in [0.3, 0.4) is 0 Å². The van der Waals surface area contributed by atoms with Gasteiger partial charge in [-0.1, -0.05) is 18.9 Å². The number of aliphatic hydroxyl groups is 1. The molecule has 1 aliphatic carbocycles. The SMILES string of the molecule is CC1(C)CC(O)(C2=CCCCCCC2)C(C)(C)O1. The van der Waals surface area contributed by atoms with Crippen molar-refractivity contribution in [3.8, 4) is 0 Å². The van der Waals surface area contributed by atoms with Gasteiger partial charge >= 0.3 is 0 Å². The second-order valence-corrected chi connectivity index (χ2v) is 7.09. The van der Waals surface area contributed by atoms with Crippen molar-refractivity contribution in [1.82, 2.24) is 0 Å². The number of hydrogen-bond donors (Lipinski definition) is 1. The summed E-state index contributed by atoms with van der Waals surface area (Å²) in [6.07, 6.45) is 10.2. The molecule has 0 saturated carbocycles. The third-order valence-corrected chi connectivity index (χ3v) is 4.53. The van der Waals surface area contributed by atoms with E-state index in [1.807, 2.05) is 13.8 Å². The van der Waals surface area contributed by atoms with Gasteiger partial charge in [0, 0.05) is 6.42 Å². The molecule has 0 radical (unpaired) electrons. The average Bonchev–Trinajstić information content (AvgIpc) is 2.29. The minimum Gasteiger partial charge on any atom is -0.382 e. The largest absolute Gasteiger partial charge is 0.382 e. The smallest absolute Gasteiger partial charge is 0.117 e. The lowest BCUT2D eigenvalue weighted by Gasteiger charge is -2.38. The van der Waals surface area contributed by atoms with E-state index in [2.05, 4.69) is 19.9 Å². The van der Waals surface area contributed by atoms with Crippen molar-refractivity contribution in [3.63, 3.8) is 0 Å². The number of rotatable bonds is 1. The van der Waals surface area contributed by atoms with Crippen LogP contribution in [0.2, 0.25) is 0 Å². The fourth-order valence-electron chi connectivity index (χ4n) is 3.71. The van der Waals surface area contributed by atoms with Crippen LogP contribution >= 0.6 is 0 Å². The highest BCUT2D eigenvalue weighted by Gasteiger charge is 2.57. The summed E-state index contributed by atoms with van der Waals surface area (Å²) in [4.78, 5) is 0. The van der Waals surface area contributed by atoms with Crippen molar-refractivity contribution < 1.29 is 9.84 Å². The molecule has 0 amide bonds. The molecule has 1 unspecified atom stereocenters. The van der Waals surface area contributed by atoms with Crippen LogP contribution < -0.4 is 0 Å². The molecule has 0 aromatic carbocycles. The molecule has 2 nitrogen and oxygen atoms in total. The van der Waals surface area contributed by atoms with Crippen LogP contribution in [0, 0.1) is 0 Å². The monoisotopic (exact) mass is 252 g/mol. The molecule has 104 valence electrons. The normalized spacial score (nSPS) is 35.7. The average molecular weight is 252 g/mol. The highest BCUT2D eigenvalue weighted by atomic mass is 16.5. The molecular formula is C16H28O2. The fourth-order valence-corrected chi connectivity index (χ4v) is 3.71. The lowest BCUT2D eigenvalue weighted by molar-refractivity contribution is -0.114. The topological polar surface area (TPSA) is 29.5 Å². The zero-order valence-corrected chi connectivity index (χ0v) is 12.4. The van der Waals surface area contributed by atoms with Crippen molar-refractivity contribution in [2.45, 2.75) is 89.4 Å². The molecule has 1 N–H and O–H groups in total. The molecule has 2 aliphatic rings. The molecule has 0 spiro atoms. The first kappa shape index (κ1) is 14.1. The predicted octanol–water partition coefficient (Wildman–Crippen LogP) is 3.98. The lowest BCUT2D eigenvalue weighted by atomic mass is 9.74. The van der Waals surface area contributed by atoms with Crippen LogP contribution in [-0.2, 0) is 4.74 Å². The minimum atomic E-state index is -0.784. The van der Waals surface area contributed by atoms with Gasteiger partial charge in [-0.05, 0) is 59.0 Å². The summed E-state index contributed by atoms with van der Waals surface area (Å²) in [5, 5.41) is 11.2. The van der Waals surface area contributed by atoms with Gasteiger partial charge in [-0.25, -0.2) is 0 Å². The molecule has 1 fully saturated rings. The van der Waals surface area contributed by atoms with Gasteiger partial charge in [-0.15, -0.1) is 0 Å². The number of allylic oxidation sites excluding steroid dienone is 1. The van der Waals surface area contributed by atoms with Crippen molar-refractivity contribution >= 4 is 0 Å². The van der Waals surface area contributed by atoms with Crippen LogP contribution in [0.5, 0.6) is 0 Å². The van der Waals surface area contributed by atoms with Gasteiger partial charge < -0.3 is 9.84 Å². The summed E-state index contributed by atoms with van der Waals surface area (Å²) in [7, 11) is 0. The van der Waals surface area contributed by atoms with Crippen LogP contribution in [0.15, 0.2) is 11.6 Å². The van der Waals surface area contributed by atoms with Crippen molar-refractivity contribution in [2.75, 3.05) is 0 Å². The summed E-state index contributed by atoms with van der Waals surface area (Å²) >= 11 is 0. The fraction of sp³-hybridized carbons (Fsp3) is 0.875. The molecule has 0 aromatic rings. The molecular weight excluding hydrogens is 224 g/mol. The van der Waals surface area contributed by atoms with Crippen LogP contribution in [0.25, 0.3) is 0 Å². The van der Waals surface area contributed by atoms with E-state index in [9.17, 15) is 5.11 Å². The van der Waals surface area contributed by atoms with E-state index >= 15 is 0 Å². The Hall–Kier alpha value is -0.340. The first-order valence-electron chi connectivity index (χ1n) is 7.39. The molecule has 1 atom stereocenters. The van der Waals surface area contributed by atoms with E-state index in [4.69, 9.17) is 4.74 Å². The molecule has 18 heavy (non-hydrogen) atoms. The molecule has 1 saturated heterocycles. The highest BCUT2D eigenvalue weighted by molar-refractivity contribution is 5.27. The first-order valence-corrected chi connectivity index (χ1v) is 7.39. The van der Waals surface area contributed by atoms with E-state index in [0.717, 1.165) is 12.8 Å². The van der Waals surface area contributed by atoms with E-state index in [1.54, 1.807) is 0 Å². The van der Waals surface area contributed by atoms with Crippen molar-refractivity contribution in [3.05, 3.63) is 11.6 Å². The van der Waals surface area contributed by atoms with E-state index in [0.29, 0.717) is 6.42 Å². The lowest BCUT2D eigenvalue weighted by Crippen LogP contribution is -2.48. The van der Waals surface area contributed by atoms with Gasteiger partial charge in [-0.2, -0.15) is 0 Å². The molecule has 0 aromatic heterocycles. The molecule has 1 aliphatic heterocycles. The van der Waals surface area contributed by atoms with E-state index in [1.165, 1.54) is 31.3 Å². The van der Waals surface area contributed by atoms with E-state index < -0.39 is 11.2 Å². The summed E-state index contributed by atoms with van der Waals surface area (Å²) in [5.74, 6) is 0. The number of hydrogen-bond acceptors (Lipinski definition) is 2. The zero-order valence-electron chi connectivity index (χ0n) is 12.4. The summed E-state index contributed by atoms with van der Waals surface area (Å²) in [5.41, 5.74) is -0.283. The first-order chi connectivity index (χ1) is 8.27. The molecule has 1 heterocycles. The maximum Gasteiger partial charge on any atom is 0.117 e. The van der Waals surface area contributed by atoms with Gasteiger partial charge in [-0.3, -0.25) is 0 Å². The third kappa shape index (κ3) is 2.50. The van der Waals surface area contributed by atoms with Gasteiger partial charge in [0.15, 0.2) is 0 Å². The van der Waals surface area contributed by atoms with Crippen molar-refractivity contribution in [1.29, 1.82) is 0 Å². The van der Waals surface area contributed by atoms with Crippen LogP contribution in [-0.4, -0.2) is 21.9 Å². The summed E-state index contributed by atoms with van der Waals surface area (Å²) in [6, 6.07) is 0. The molecule has 2 heteroatoms. The zero-order chi connectivity index (χ0) is 13.4. The Kier molecular flexibility index (Phi) is 3.63. The predicted molar refractivity (Wildman–Crippen MR) is 74.6 cm³/mol. The second kappa shape index (κ2) is 4.64. The maximum atomic E-state index is 11.2. The maximum absolute atomic E-state index is 11.2. The van der Waals surface area contributed by atoms with Crippen molar-refractivity contribution in [2.24, 2.45) is 0 Å². The van der Waals surface area contributed by atoms with Crippen LogP contribution in [0.1, 0.15) is 72.6 Å². The van der Waals surface area contributed by atoms with Gasteiger partial charge in [0.25, 0.3) is 0 Å². The van der Waals surface area contributed by atoms with Crippen LogP contribution in [0.4, 0.5) is 0 Å². The Bertz CT molecular complexity index is 341. The van der Waals surface area contributed by atoms with Gasteiger partial charge in [0.05, 0.1) is 11.2 Å². The standard InChI is InChI=1S/C16H28O2/c1-14(2)12-16(17,15(3,4)18-14)13-10-8-6-5-7-9-11-13/h10,17H,5-9,11-12H2,1-4H3. The van der Waals surface area contributed by atoms with Gasteiger partial charge in [0.2, 0.25) is 0 Å². The minimum absolute atomic E-state index is 0.235. The highest BCUT2D eigenvalue weighted by Crippen LogP contribution is 2.50. The molecule has 0 bridgehead atoms. The quantitative estimate of drug-likeness (QED) is 0.715. The summed E-state index contributed by atoms with van der Waals surface area (Å²) < 4.78 is 6.09. The van der Waals surface area contributed by atoms with E-state index in [-0.39, 0.29) is 5.60 Å². The third-order valence-electron chi connectivity index (χ3n) is 4.53. The molecule has 2 rings (SSSR count). The Morgan fingerprint density at radius 3 is 2.33 bits per heavy atom. The number of ether oxygens (including phenoxy) is 1. The Labute approximate surface area is 111 Å². The Morgan fingerprint density at radius 1 is 1.06 bits per heavy atom. The Morgan fingerprint density at radius 2 is 1.72 bits per heavy atom. The van der Waals surface area contributed by atoms with Gasteiger partial charge in [0.1, 0.15) is 5.60 Å². The Balaban J connectivity index is 2.29. The second-order valence-electron chi connectivity index (χ2n) is 7.09.